The van der Waals surface area contributed by atoms with Gasteiger partial charge in [0.25, 0.3) is 10.1 Å². The van der Waals surface area contributed by atoms with Crippen LogP contribution in [0.1, 0.15) is 157 Å². The summed E-state index contributed by atoms with van der Waals surface area (Å²) < 4.78 is 69.5. The molecular weight excluding hydrogens is 1300 g/mol. The summed E-state index contributed by atoms with van der Waals surface area (Å²) in [6.07, 6.45) is 9.78. The summed E-state index contributed by atoms with van der Waals surface area (Å²) in [5.74, 6) is -0.340. The second kappa shape index (κ2) is 34.3. The van der Waals surface area contributed by atoms with E-state index in [1.54, 1.807) is 38.4 Å². The van der Waals surface area contributed by atoms with Crippen LogP contribution >= 0.6 is 0 Å². The van der Waals surface area contributed by atoms with Crippen molar-refractivity contribution in [3.05, 3.63) is 154 Å². The van der Waals surface area contributed by atoms with Gasteiger partial charge in [-0.3, -0.25) is 18.6 Å². The van der Waals surface area contributed by atoms with E-state index < -0.39 is 38.9 Å². The van der Waals surface area contributed by atoms with E-state index in [0.29, 0.717) is 98.5 Å². The number of nitrogens with zero attached hydrogens (tertiary/aromatic N) is 3. The van der Waals surface area contributed by atoms with E-state index >= 15 is 0 Å². The Labute approximate surface area is 590 Å². The number of rotatable bonds is 17. The van der Waals surface area contributed by atoms with Crippen LogP contribution in [0, 0.1) is 17.8 Å². The smallest absolute Gasteiger partial charge is 0.870 e. The maximum absolute atomic E-state index is 12.7. The molecule has 3 unspecified atom stereocenters. The molecule has 526 valence electrons. The third-order valence-corrected chi connectivity index (χ3v) is 18.5. The minimum atomic E-state index is -3.29. The van der Waals surface area contributed by atoms with Crippen LogP contribution in [-0.2, 0) is 77.1 Å². The average Bonchev–Trinajstić information content (AvgIpc) is 0.837. The molecule has 9 heterocycles. The van der Waals surface area contributed by atoms with Crippen molar-refractivity contribution >= 4 is 28.0 Å². The number of carboxylic acids is 1. The molecule has 25 nitrogen and oxygen atoms in total. The van der Waals surface area contributed by atoms with Gasteiger partial charge in [0.1, 0.15) is 52.3 Å². The van der Waals surface area contributed by atoms with Gasteiger partial charge in [0.2, 0.25) is 0 Å². The van der Waals surface area contributed by atoms with Crippen LogP contribution in [0.2, 0.25) is 0 Å². The van der Waals surface area contributed by atoms with E-state index in [0.717, 1.165) is 64.6 Å². The van der Waals surface area contributed by atoms with E-state index in [9.17, 15) is 62.7 Å². The number of esters is 2. The molecule has 27 heteroatoms. The number of fused-ring (bicyclic) bond motifs is 9. The fourth-order valence-electron chi connectivity index (χ4n) is 12.9. The van der Waals surface area contributed by atoms with Gasteiger partial charge in [0.15, 0.2) is 16.3 Å². The molecule has 6 aliphatic heterocycles. The molecule has 6 atom stereocenters. The fourth-order valence-corrected chi connectivity index (χ4v) is 13.5. The summed E-state index contributed by atoms with van der Waals surface area (Å²) in [7, 11) is -3.29. The molecule has 0 amide bonds. The number of hydrogen-bond acceptors (Lipinski definition) is 21. The molecule has 0 spiro atoms. The number of carbonyl (C=O) groups is 3. The molecule has 6 aliphatic rings. The molecule has 6 N–H and O–H groups in total. The molecule has 98 heavy (non-hydrogen) atoms. The first kappa shape index (κ1) is 78.3. The first-order valence-corrected chi connectivity index (χ1v) is 34.4. The third-order valence-electron chi connectivity index (χ3n) is 17.9. The van der Waals surface area contributed by atoms with Gasteiger partial charge in [0.05, 0.1) is 89.4 Å². The molecule has 3 aromatic heterocycles. The number of carbonyl (C=O) groups excluding carboxylic acids is 2. The molecule has 0 saturated carbocycles. The number of carboxylic acid groups (broad SMARTS) is 1. The predicted octanol–water partition coefficient (Wildman–Crippen LogP) is 4.95. The number of phenols is 1. The van der Waals surface area contributed by atoms with Crippen LogP contribution < -0.4 is 55.3 Å². The van der Waals surface area contributed by atoms with Crippen molar-refractivity contribution in [1.29, 1.82) is 0 Å². The minimum absolute atomic E-state index is 0. The Morgan fingerprint density at radius 2 is 0.867 bits per heavy atom. The second-order valence-electron chi connectivity index (χ2n) is 25.7. The second-order valence-corrected chi connectivity index (χ2v) is 27.3. The molecule has 3 saturated heterocycles. The van der Waals surface area contributed by atoms with Crippen molar-refractivity contribution < 1.29 is 121 Å². The molecule has 12 rings (SSSR count). The van der Waals surface area contributed by atoms with Crippen molar-refractivity contribution in [2.75, 3.05) is 59.1 Å². The van der Waals surface area contributed by atoms with Crippen molar-refractivity contribution in [3.63, 3.8) is 0 Å². The van der Waals surface area contributed by atoms with Gasteiger partial charge in [-0.1, -0.05) is 41.5 Å². The first-order chi connectivity index (χ1) is 45.8. The molecule has 6 aromatic rings. The summed E-state index contributed by atoms with van der Waals surface area (Å²) in [6.45, 7) is 19.1. The number of hydrogen-bond donors (Lipinski definition) is 5. The maximum Gasteiger partial charge on any atom is 1.00 e. The van der Waals surface area contributed by atoms with Gasteiger partial charge in [-0.25, -0.2) is 14.4 Å². The zero-order valence-corrected chi connectivity index (χ0v) is 59.9. The van der Waals surface area contributed by atoms with Crippen LogP contribution in [0.15, 0.2) is 87.6 Å². The Kier molecular flexibility index (Phi) is 27.4. The Morgan fingerprint density at radius 1 is 0.531 bits per heavy atom. The van der Waals surface area contributed by atoms with E-state index in [1.165, 1.54) is 24.4 Å². The van der Waals surface area contributed by atoms with Gasteiger partial charge < -0.3 is 77.9 Å². The number of aliphatic hydroxyl groups is 3. The number of aliphatic hydroxyl groups excluding tert-OH is 3. The maximum atomic E-state index is 12.7. The van der Waals surface area contributed by atoms with Crippen LogP contribution in [0.5, 0.6) is 17.2 Å². The topological polar surface area (TPSA) is 356 Å². The Hall–Kier alpha value is -7.05. The van der Waals surface area contributed by atoms with E-state index in [4.69, 9.17) is 33.2 Å². The minimum Gasteiger partial charge on any atom is -0.870 e. The SMILES string of the molecule is CC(C)C1Cc2cc(O[C@@H]3CCOC3)c(CO)cc2-c2cc(=O)c(C(=O)O)cn21.CCOC(=O)c1cn2c(cc1=O)-c1cc(CO)c(O)cc1CC2C(C)C.CCOC(=O)c1cn2c(cc1=O)-c1cc(CO)c(O[C@@H]3CCOC3)cc1CC2C(C)C.CS(=O)(=O)O[C@H]1CCOC1.[Na+].[OH-]. The summed E-state index contributed by atoms with van der Waals surface area (Å²) >= 11 is 0. The summed E-state index contributed by atoms with van der Waals surface area (Å²) in [4.78, 5) is 73.5. The van der Waals surface area contributed by atoms with Crippen molar-refractivity contribution in [3.8, 4) is 51.0 Å². The average molecular weight is 1390 g/mol. The quantitative estimate of drug-likeness (QED) is 0.0458. The largest absolute Gasteiger partial charge is 1.00 e. The van der Waals surface area contributed by atoms with Gasteiger partial charge in [-0.15, -0.1) is 0 Å². The first-order valence-electron chi connectivity index (χ1n) is 32.6. The van der Waals surface area contributed by atoms with E-state index in [1.807, 2.05) is 38.0 Å². The molecule has 0 radical (unpaired) electrons. The van der Waals surface area contributed by atoms with Crippen LogP contribution in [0.3, 0.4) is 0 Å². The van der Waals surface area contributed by atoms with Crippen LogP contribution in [-0.4, -0.2) is 148 Å². The van der Waals surface area contributed by atoms with Crippen LogP contribution in [0.25, 0.3) is 33.8 Å². The number of ether oxygens (including phenoxy) is 7. The zero-order valence-electron chi connectivity index (χ0n) is 57.1. The van der Waals surface area contributed by atoms with Gasteiger partial charge in [-0.2, -0.15) is 8.42 Å². The molecule has 0 aliphatic carbocycles. The monoisotopic (exact) mass is 1390 g/mol. The molecule has 0 bridgehead atoms. The summed E-state index contributed by atoms with van der Waals surface area (Å²) in [5, 5.41) is 48.8. The number of pyridine rings is 3. The predicted molar refractivity (Wildman–Crippen MR) is 356 cm³/mol. The van der Waals surface area contributed by atoms with Gasteiger partial charge in [0, 0.05) is 114 Å². The van der Waals surface area contributed by atoms with E-state index in [2.05, 4.69) is 45.7 Å². The van der Waals surface area contributed by atoms with Gasteiger partial charge in [-0.05, 0) is 104 Å². The van der Waals surface area contributed by atoms with Crippen LogP contribution in [0.4, 0.5) is 0 Å². The zero-order chi connectivity index (χ0) is 69.4. The Balaban J connectivity index is 0.000000192. The Bertz CT molecular complexity index is 4140. The van der Waals surface area contributed by atoms with Gasteiger partial charge >= 0.3 is 47.5 Å². The number of benzene rings is 3. The number of aromatic hydroxyl groups is 1. The summed E-state index contributed by atoms with van der Waals surface area (Å²) in [5.41, 5.74) is 7.85. The number of aromatic carboxylic acids is 1. The molecule has 3 fully saturated rings. The van der Waals surface area contributed by atoms with E-state index in [-0.39, 0.29) is 150 Å². The molecular formula is C71H88N3NaO22S. The van der Waals surface area contributed by atoms with Crippen molar-refractivity contribution in [1.82, 2.24) is 13.7 Å². The molecule has 3 aromatic carbocycles. The normalized spacial score (nSPS) is 19.2. The van der Waals surface area contributed by atoms with Crippen molar-refractivity contribution in [2.24, 2.45) is 17.8 Å². The standard InChI is InChI=1S/C24H29NO6.C22H25NO6.C20H23NO5.C5H10O4S.Na.H2O/c1-4-30-24(28)19-11-25-20(14(2)3)8-15-9-23(31-17-5-6-29-13-17)16(12-26)7-18(15)21(25)10-22(19)27;1-12(2)18-6-13-7-21(29-15-3-4-28-11-15)14(10-24)5-16(13)19-8-20(25)17(22(26)27)9-23(18)19;1-4-26-20(25)15-9-21-16(11(2)3)6-12-7-18(23)13(10-22)5-14(12)17(21)8-19(15)24;1-10(6,7)9-5-2-3-8-4-5;;/h7,9-11,14,17,20,26H,4-6,8,12-13H2,1-3H3;5,7-9,12,15,18,24H,3-4,6,10-11H2,1-2H3,(H,26,27);5,7-9,11,16,22-23H,4,6,10H2,1-3H3;5H,2-4H2,1H3;;1H2/q;;;;+1;/p-1/t17-,20?;15-,18?;;5-;;/m11.0../s1. The Morgan fingerprint density at radius 3 is 1.18 bits per heavy atom. The third kappa shape index (κ3) is 18.1. The fraction of sp³-hybridized carbons (Fsp3) is 0.493. The number of aromatic nitrogens is 3. The summed E-state index contributed by atoms with van der Waals surface area (Å²) in [6, 6.07) is 15.5. The van der Waals surface area contributed by atoms with Crippen molar-refractivity contribution in [2.45, 2.75) is 150 Å².